The van der Waals surface area contributed by atoms with E-state index in [1.54, 1.807) is 12.1 Å². The lowest BCUT2D eigenvalue weighted by atomic mass is 9.81. The Labute approximate surface area is 89.9 Å². The van der Waals surface area contributed by atoms with Gasteiger partial charge in [0.05, 0.1) is 0 Å². The standard InChI is InChI=1S/C12H18FNO/c1-12(2,14)11(7-8-15)9-3-5-10(13)6-4-9/h3-6,11,15H,7-8,14H2,1-2H3. The van der Waals surface area contributed by atoms with E-state index in [4.69, 9.17) is 10.8 Å². The molecule has 0 heterocycles. The van der Waals surface area contributed by atoms with Gasteiger partial charge in [0.2, 0.25) is 0 Å². The van der Waals surface area contributed by atoms with E-state index in [0.717, 1.165) is 5.56 Å². The van der Waals surface area contributed by atoms with Crippen molar-refractivity contribution in [1.82, 2.24) is 0 Å². The summed E-state index contributed by atoms with van der Waals surface area (Å²) in [5, 5.41) is 8.99. The highest BCUT2D eigenvalue weighted by molar-refractivity contribution is 5.23. The van der Waals surface area contributed by atoms with Crippen LogP contribution in [0.4, 0.5) is 4.39 Å². The van der Waals surface area contributed by atoms with Gasteiger partial charge in [0.25, 0.3) is 0 Å². The van der Waals surface area contributed by atoms with Gasteiger partial charge < -0.3 is 10.8 Å². The fraction of sp³-hybridized carbons (Fsp3) is 0.500. The van der Waals surface area contributed by atoms with Gasteiger partial charge in [-0.15, -0.1) is 0 Å². The summed E-state index contributed by atoms with van der Waals surface area (Å²) in [5.41, 5.74) is 6.59. The molecule has 1 unspecified atom stereocenters. The van der Waals surface area contributed by atoms with Gasteiger partial charge >= 0.3 is 0 Å². The molecule has 0 aromatic heterocycles. The van der Waals surface area contributed by atoms with Crippen molar-refractivity contribution in [3.05, 3.63) is 35.6 Å². The van der Waals surface area contributed by atoms with Crippen LogP contribution in [0.25, 0.3) is 0 Å². The van der Waals surface area contributed by atoms with Crippen LogP contribution < -0.4 is 5.73 Å². The quantitative estimate of drug-likeness (QED) is 0.800. The van der Waals surface area contributed by atoms with Crippen LogP contribution in [0, 0.1) is 5.82 Å². The SMILES string of the molecule is CC(C)(N)C(CCO)c1ccc(F)cc1. The molecular weight excluding hydrogens is 193 g/mol. The number of hydrogen-bond acceptors (Lipinski definition) is 2. The predicted molar refractivity (Wildman–Crippen MR) is 59.1 cm³/mol. The van der Waals surface area contributed by atoms with Crippen LogP contribution in [0.15, 0.2) is 24.3 Å². The van der Waals surface area contributed by atoms with E-state index in [1.807, 2.05) is 13.8 Å². The molecule has 0 aliphatic heterocycles. The molecule has 84 valence electrons. The summed E-state index contributed by atoms with van der Waals surface area (Å²) in [6.07, 6.45) is 0.592. The van der Waals surface area contributed by atoms with Crippen LogP contribution in [-0.4, -0.2) is 17.3 Å². The average molecular weight is 211 g/mol. The summed E-state index contributed by atoms with van der Waals surface area (Å²) in [7, 11) is 0. The molecule has 1 aromatic carbocycles. The molecule has 1 atom stereocenters. The normalized spacial score (nSPS) is 13.9. The molecular formula is C12H18FNO. The number of nitrogens with two attached hydrogens (primary N) is 1. The zero-order valence-electron chi connectivity index (χ0n) is 9.20. The first-order valence-corrected chi connectivity index (χ1v) is 5.10. The molecule has 0 fully saturated rings. The average Bonchev–Trinajstić information content (AvgIpc) is 2.14. The van der Waals surface area contributed by atoms with Crippen molar-refractivity contribution in [1.29, 1.82) is 0 Å². The maximum absolute atomic E-state index is 12.8. The fourth-order valence-electron chi connectivity index (χ4n) is 1.79. The van der Waals surface area contributed by atoms with Gasteiger partial charge in [-0.3, -0.25) is 0 Å². The van der Waals surface area contributed by atoms with E-state index in [1.165, 1.54) is 12.1 Å². The third kappa shape index (κ3) is 3.29. The molecule has 0 bridgehead atoms. The van der Waals surface area contributed by atoms with Crippen molar-refractivity contribution < 1.29 is 9.50 Å². The number of aliphatic hydroxyl groups is 1. The maximum atomic E-state index is 12.8. The summed E-state index contributed by atoms with van der Waals surface area (Å²) < 4.78 is 12.8. The van der Waals surface area contributed by atoms with E-state index in [0.29, 0.717) is 6.42 Å². The van der Waals surface area contributed by atoms with E-state index in [2.05, 4.69) is 0 Å². The number of benzene rings is 1. The van der Waals surface area contributed by atoms with Crippen molar-refractivity contribution in [3.8, 4) is 0 Å². The Bertz CT molecular complexity index is 302. The van der Waals surface area contributed by atoms with E-state index < -0.39 is 5.54 Å². The molecule has 0 amide bonds. The monoisotopic (exact) mass is 211 g/mol. The second kappa shape index (κ2) is 4.73. The highest BCUT2D eigenvalue weighted by Crippen LogP contribution is 2.29. The number of aliphatic hydroxyl groups excluding tert-OH is 1. The van der Waals surface area contributed by atoms with E-state index in [-0.39, 0.29) is 18.3 Å². The Morgan fingerprint density at radius 3 is 2.27 bits per heavy atom. The van der Waals surface area contributed by atoms with Gasteiger partial charge in [-0.25, -0.2) is 4.39 Å². The Hall–Kier alpha value is -0.930. The Morgan fingerprint density at radius 2 is 1.87 bits per heavy atom. The van der Waals surface area contributed by atoms with Crippen molar-refractivity contribution in [3.63, 3.8) is 0 Å². The lowest BCUT2D eigenvalue weighted by Gasteiger charge is -2.30. The van der Waals surface area contributed by atoms with Gasteiger partial charge in [0.15, 0.2) is 0 Å². The van der Waals surface area contributed by atoms with Gasteiger partial charge in [0.1, 0.15) is 5.82 Å². The Balaban J connectivity index is 2.94. The molecule has 1 rings (SSSR count). The first-order valence-electron chi connectivity index (χ1n) is 5.10. The van der Waals surface area contributed by atoms with E-state index >= 15 is 0 Å². The minimum absolute atomic E-state index is 0.0445. The molecule has 3 N–H and O–H groups in total. The molecule has 0 spiro atoms. The zero-order chi connectivity index (χ0) is 11.5. The third-order valence-electron chi connectivity index (χ3n) is 2.59. The number of halogens is 1. The summed E-state index contributed by atoms with van der Waals surface area (Å²) in [6, 6.07) is 6.30. The Kier molecular flexibility index (Phi) is 3.83. The van der Waals surface area contributed by atoms with Crippen LogP contribution in [0.1, 0.15) is 31.7 Å². The summed E-state index contributed by atoms with van der Waals surface area (Å²) in [5.74, 6) is -0.209. The van der Waals surface area contributed by atoms with Crippen LogP contribution in [-0.2, 0) is 0 Å². The van der Waals surface area contributed by atoms with Gasteiger partial charge in [0, 0.05) is 18.1 Å². The highest BCUT2D eigenvalue weighted by Gasteiger charge is 2.26. The minimum Gasteiger partial charge on any atom is -0.396 e. The van der Waals surface area contributed by atoms with Crippen LogP contribution in [0.3, 0.4) is 0 Å². The predicted octanol–water partition coefficient (Wildman–Crippen LogP) is 2.03. The van der Waals surface area contributed by atoms with Gasteiger partial charge in [-0.1, -0.05) is 12.1 Å². The first-order chi connectivity index (χ1) is 6.95. The Morgan fingerprint density at radius 1 is 1.33 bits per heavy atom. The third-order valence-corrected chi connectivity index (χ3v) is 2.59. The topological polar surface area (TPSA) is 46.2 Å². The van der Waals surface area contributed by atoms with Crippen molar-refractivity contribution in [2.24, 2.45) is 5.73 Å². The summed E-state index contributed by atoms with van der Waals surface area (Å²) in [4.78, 5) is 0. The smallest absolute Gasteiger partial charge is 0.123 e. The van der Waals surface area contributed by atoms with Gasteiger partial charge in [-0.05, 0) is 38.0 Å². The molecule has 0 aliphatic rings. The second-order valence-electron chi connectivity index (χ2n) is 4.44. The zero-order valence-corrected chi connectivity index (χ0v) is 9.20. The van der Waals surface area contributed by atoms with Crippen LogP contribution in [0.2, 0.25) is 0 Å². The van der Waals surface area contributed by atoms with Crippen molar-refractivity contribution >= 4 is 0 Å². The van der Waals surface area contributed by atoms with Gasteiger partial charge in [-0.2, -0.15) is 0 Å². The molecule has 3 heteroatoms. The highest BCUT2D eigenvalue weighted by atomic mass is 19.1. The van der Waals surface area contributed by atoms with Crippen LogP contribution >= 0.6 is 0 Å². The first kappa shape index (κ1) is 12.1. The fourth-order valence-corrected chi connectivity index (χ4v) is 1.79. The molecule has 1 aromatic rings. The lowest BCUT2D eigenvalue weighted by Crippen LogP contribution is -2.39. The summed E-state index contributed by atoms with van der Waals surface area (Å²) >= 11 is 0. The molecule has 0 aliphatic carbocycles. The second-order valence-corrected chi connectivity index (χ2v) is 4.44. The molecule has 0 radical (unpaired) electrons. The number of rotatable bonds is 4. The molecule has 15 heavy (non-hydrogen) atoms. The maximum Gasteiger partial charge on any atom is 0.123 e. The minimum atomic E-state index is -0.416. The van der Waals surface area contributed by atoms with Crippen molar-refractivity contribution in [2.75, 3.05) is 6.61 Å². The molecule has 0 saturated heterocycles. The molecule has 0 saturated carbocycles. The van der Waals surface area contributed by atoms with Crippen LogP contribution in [0.5, 0.6) is 0 Å². The lowest BCUT2D eigenvalue weighted by molar-refractivity contribution is 0.250. The number of hydrogen-bond donors (Lipinski definition) is 2. The summed E-state index contributed by atoms with van der Waals surface area (Å²) in [6.45, 7) is 3.91. The van der Waals surface area contributed by atoms with Crippen molar-refractivity contribution in [2.45, 2.75) is 31.7 Å². The van der Waals surface area contributed by atoms with E-state index in [9.17, 15) is 4.39 Å². The largest absolute Gasteiger partial charge is 0.396 e. The molecule has 2 nitrogen and oxygen atoms in total.